The molecule has 12 heteroatoms. The topological polar surface area (TPSA) is 159 Å². The van der Waals surface area contributed by atoms with Crippen molar-refractivity contribution in [2.75, 3.05) is 0 Å². The van der Waals surface area contributed by atoms with Gasteiger partial charge in [0.25, 0.3) is 11.8 Å². The van der Waals surface area contributed by atoms with E-state index in [-0.39, 0.29) is 46.6 Å². The zero-order valence-corrected chi connectivity index (χ0v) is 28.2. The third kappa shape index (κ3) is 6.08. The van der Waals surface area contributed by atoms with Crippen molar-refractivity contribution in [2.24, 2.45) is 0 Å². The molecular formula is C38H30Cl2N2O8. The summed E-state index contributed by atoms with van der Waals surface area (Å²) in [5.41, 5.74) is 2.34. The van der Waals surface area contributed by atoms with Crippen molar-refractivity contribution in [1.29, 1.82) is 0 Å². The highest BCUT2D eigenvalue weighted by Gasteiger charge is 2.34. The molecule has 0 spiro atoms. The van der Waals surface area contributed by atoms with Gasteiger partial charge >= 0.3 is 11.9 Å². The second-order valence-corrected chi connectivity index (χ2v) is 12.9. The monoisotopic (exact) mass is 712 g/mol. The van der Waals surface area contributed by atoms with Crippen LogP contribution in [0.2, 0.25) is 10.0 Å². The molecule has 0 bridgehead atoms. The molecule has 0 fully saturated rings. The lowest BCUT2D eigenvalue weighted by molar-refractivity contribution is -0.141. The number of phenols is 2. The maximum atomic E-state index is 13.8. The number of aromatic hydroxyl groups is 2. The molecule has 0 aliphatic heterocycles. The normalized spacial score (nSPS) is 12.6. The van der Waals surface area contributed by atoms with Crippen molar-refractivity contribution in [3.8, 4) is 11.5 Å². The van der Waals surface area contributed by atoms with Gasteiger partial charge in [-0.25, -0.2) is 0 Å². The summed E-state index contributed by atoms with van der Waals surface area (Å²) in [5.74, 6) is -6.35. The van der Waals surface area contributed by atoms with Gasteiger partial charge in [-0.05, 0) is 111 Å². The number of benzene rings is 4. The lowest BCUT2D eigenvalue weighted by Gasteiger charge is -2.18. The minimum Gasteiger partial charge on any atom is -0.508 e. The van der Waals surface area contributed by atoms with Gasteiger partial charge in [-0.3, -0.25) is 28.3 Å². The van der Waals surface area contributed by atoms with Crippen LogP contribution < -0.4 is 0 Å². The molecule has 0 radical (unpaired) electrons. The van der Waals surface area contributed by atoms with Crippen molar-refractivity contribution in [3.05, 3.63) is 129 Å². The number of fused-ring (bicyclic) bond motifs is 2. The molecule has 6 rings (SSSR count). The van der Waals surface area contributed by atoms with Crippen LogP contribution in [-0.4, -0.2) is 53.3 Å². The Morgan fingerprint density at radius 3 is 1.32 bits per heavy atom. The fourth-order valence-electron chi connectivity index (χ4n) is 6.88. The molecule has 0 aliphatic carbocycles. The van der Waals surface area contributed by atoms with Gasteiger partial charge in [0, 0.05) is 43.3 Å². The molecule has 2 unspecified atom stereocenters. The van der Waals surface area contributed by atoms with Gasteiger partial charge in [0.05, 0.1) is 22.9 Å². The summed E-state index contributed by atoms with van der Waals surface area (Å²) in [5, 5.41) is 43.3. The van der Waals surface area contributed by atoms with Crippen LogP contribution in [0.3, 0.4) is 0 Å². The number of hydrogen-bond donors (Lipinski definition) is 4. The smallest absolute Gasteiger partial charge is 0.311 e. The van der Waals surface area contributed by atoms with E-state index in [1.807, 2.05) is 0 Å². The second-order valence-electron chi connectivity index (χ2n) is 12.1. The Morgan fingerprint density at radius 1 is 0.600 bits per heavy atom. The first-order valence-electron chi connectivity index (χ1n) is 15.5. The highest BCUT2D eigenvalue weighted by atomic mass is 35.5. The van der Waals surface area contributed by atoms with E-state index < -0.39 is 35.6 Å². The molecule has 2 atom stereocenters. The van der Waals surface area contributed by atoms with Gasteiger partial charge in [0.1, 0.15) is 11.5 Å². The Kier molecular flexibility index (Phi) is 9.17. The molecule has 2 heterocycles. The molecule has 0 saturated carbocycles. The molecule has 4 aromatic carbocycles. The van der Waals surface area contributed by atoms with Crippen LogP contribution in [-0.2, 0) is 9.59 Å². The van der Waals surface area contributed by atoms with Gasteiger partial charge in [0.15, 0.2) is 0 Å². The number of rotatable bonds is 9. The molecule has 254 valence electrons. The van der Waals surface area contributed by atoms with Crippen LogP contribution in [0.15, 0.2) is 84.9 Å². The fourth-order valence-corrected chi connectivity index (χ4v) is 7.26. The number of nitrogens with zero attached hydrogens (tertiary/aromatic N) is 2. The largest absolute Gasteiger partial charge is 0.508 e. The van der Waals surface area contributed by atoms with Gasteiger partial charge < -0.3 is 20.4 Å². The molecular weight excluding hydrogens is 683 g/mol. The third-order valence-electron chi connectivity index (χ3n) is 9.06. The predicted octanol–water partition coefficient (Wildman–Crippen LogP) is 8.12. The van der Waals surface area contributed by atoms with Crippen LogP contribution in [0.5, 0.6) is 11.5 Å². The number of carbonyl (C=O) groups excluding carboxylic acids is 2. The Balaban J connectivity index is 1.45. The van der Waals surface area contributed by atoms with E-state index in [0.29, 0.717) is 43.2 Å². The molecule has 2 aromatic heterocycles. The van der Waals surface area contributed by atoms with Crippen molar-refractivity contribution >= 4 is 68.8 Å². The lowest BCUT2D eigenvalue weighted by Crippen LogP contribution is -2.19. The van der Waals surface area contributed by atoms with E-state index in [9.17, 15) is 39.6 Å². The minimum absolute atomic E-state index is 0.147. The summed E-state index contributed by atoms with van der Waals surface area (Å²) < 4.78 is 2.73. The number of aliphatic carboxylic acids is 2. The number of carbonyl (C=O) groups is 4. The summed E-state index contributed by atoms with van der Waals surface area (Å²) >= 11 is 12.3. The van der Waals surface area contributed by atoms with E-state index in [0.717, 1.165) is 0 Å². The van der Waals surface area contributed by atoms with E-state index in [1.54, 1.807) is 50.2 Å². The minimum atomic E-state index is -1.30. The van der Waals surface area contributed by atoms with Crippen LogP contribution in [0.1, 0.15) is 67.9 Å². The molecule has 0 saturated heterocycles. The van der Waals surface area contributed by atoms with E-state index >= 15 is 0 Å². The number of hydrogen-bond acceptors (Lipinski definition) is 6. The highest BCUT2D eigenvalue weighted by molar-refractivity contribution is 6.31. The van der Waals surface area contributed by atoms with Gasteiger partial charge in [-0.2, -0.15) is 0 Å². The SMILES string of the molecule is Cc1c(C(CCC(C(=O)O)c2c(C)n(C(=O)c3cccc(Cl)c3)c3ccc(O)cc23)C(=O)O)c2cc(O)ccc2n1C(=O)c1cccc(Cl)c1. The zero-order chi connectivity index (χ0) is 36.0. The Hall–Kier alpha value is -5.58. The quantitative estimate of drug-likeness (QED) is 0.117. The fraction of sp³-hybridized carbons (Fsp3) is 0.158. The van der Waals surface area contributed by atoms with Crippen molar-refractivity contribution < 1.29 is 39.6 Å². The molecule has 10 nitrogen and oxygen atoms in total. The highest BCUT2D eigenvalue weighted by Crippen LogP contribution is 2.41. The molecule has 0 aliphatic rings. The maximum absolute atomic E-state index is 13.8. The van der Waals surface area contributed by atoms with Crippen molar-refractivity contribution in [1.82, 2.24) is 9.13 Å². The Bertz CT molecular complexity index is 2210. The first-order chi connectivity index (χ1) is 23.8. The van der Waals surface area contributed by atoms with Gasteiger partial charge in [0.2, 0.25) is 0 Å². The van der Waals surface area contributed by atoms with Crippen molar-refractivity contribution in [3.63, 3.8) is 0 Å². The average Bonchev–Trinajstić information content (AvgIpc) is 3.50. The average molecular weight is 714 g/mol. The third-order valence-corrected chi connectivity index (χ3v) is 9.53. The summed E-state index contributed by atoms with van der Waals surface area (Å²) in [7, 11) is 0. The summed E-state index contributed by atoms with van der Waals surface area (Å²) in [6.45, 7) is 3.20. The van der Waals surface area contributed by atoms with E-state index in [1.165, 1.54) is 57.7 Å². The predicted molar refractivity (Wildman–Crippen MR) is 189 cm³/mol. The Morgan fingerprint density at radius 2 is 0.980 bits per heavy atom. The van der Waals surface area contributed by atoms with E-state index in [2.05, 4.69) is 0 Å². The first-order valence-corrected chi connectivity index (χ1v) is 16.3. The lowest BCUT2D eigenvalue weighted by atomic mass is 9.85. The molecule has 0 amide bonds. The number of carboxylic acid groups (broad SMARTS) is 2. The summed E-state index contributed by atoms with van der Waals surface area (Å²) in [6.07, 6.45) is -0.388. The number of phenolic OH excluding ortho intramolecular Hbond substituents is 2. The Labute approximate surface area is 295 Å². The zero-order valence-electron chi connectivity index (χ0n) is 26.7. The van der Waals surface area contributed by atoms with Crippen LogP contribution in [0.25, 0.3) is 21.8 Å². The van der Waals surface area contributed by atoms with Crippen molar-refractivity contribution in [2.45, 2.75) is 38.5 Å². The van der Waals surface area contributed by atoms with Crippen LogP contribution >= 0.6 is 23.2 Å². The van der Waals surface area contributed by atoms with Gasteiger partial charge in [-0.15, -0.1) is 0 Å². The van der Waals surface area contributed by atoms with E-state index in [4.69, 9.17) is 23.2 Å². The maximum Gasteiger partial charge on any atom is 0.311 e. The van der Waals surface area contributed by atoms with Gasteiger partial charge in [-0.1, -0.05) is 35.3 Å². The van der Waals surface area contributed by atoms with Crippen LogP contribution in [0, 0.1) is 13.8 Å². The first kappa shape index (κ1) is 34.3. The van der Waals surface area contributed by atoms with Crippen LogP contribution in [0.4, 0.5) is 0 Å². The summed E-state index contributed by atoms with van der Waals surface area (Å²) in [6, 6.07) is 21.2. The standard InChI is InChI=1S/C38H30Cl2N2O8/c1-19-33(29-17-25(43)9-13-31(29)41(19)35(45)21-5-3-7-23(39)15-21)27(37(47)48)11-12-28(38(49)50)34-20(2)42(32-14-10-26(44)18-30(32)34)36(46)22-6-4-8-24(40)16-22/h3-10,13-18,27-28,43-44H,11-12H2,1-2H3,(H,47,48)(H,49,50). The second kappa shape index (κ2) is 13.4. The summed E-state index contributed by atoms with van der Waals surface area (Å²) in [4.78, 5) is 53.5. The molecule has 4 N–H and O–H groups in total. The molecule has 50 heavy (non-hydrogen) atoms. The number of carboxylic acids is 2. The number of aromatic nitrogens is 2. The molecule has 6 aromatic rings. The number of halogens is 2.